The molecule has 1 atom stereocenters. The average Bonchev–Trinajstić information content (AvgIpc) is 2.49. The number of nitrogens with zero attached hydrogens (tertiary/aromatic N) is 2. The molecular weight excluding hydrogens is 242 g/mol. The summed E-state index contributed by atoms with van der Waals surface area (Å²) in [5.41, 5.74) is 1.11. The van der Waals surface area contributed by atoms with E-state index in [0.717, 1.165) is 31.0 Å². The van der Waals surface area contributed by atoms with Crippen molar-refractivity contribution < 1.29 is 9.47 Å². The molecule has 5 nitrogen and oxygen atoms in total. The third kappa shape index (κ3) is 3.07. The van der Waals surface area contributed by atoms with Crippen molar-refractivity contribution in [2.24, 2.45) is 0 Å². The molecule has 2 aromatic rings. The van der Waals surface area contributed by atoms with Crippen LogP contribution in [0, 0.1) is 0 Å². The highest BCUT2D eigenvalue weighted by Gasteiger charge is 2.16. The minimum absolute atomic E-state index is 0.0858. The Labute approximate surface area is 111 Å². The zero-order chi connectivity index (χ0) is 12.9. The second-order valence-corrected chi connectivity index (χ2v) is 4.29. The first kappa shape index (κ1) is 12.1. The zero-order valence-corrected chi connectivity index (χ0v) is 10.5. The summed E-state index contributed by atoms with van der Waals surface area (Å²) in [6.45, 7) is 2.48. The molecule has 2 heterocycles. The van der Waals surface area contributed by atoms with Crippen LogP contribution in [0.25, 0.3) is 0 Å². The van der Waals surface area contributed by atoms with Gasteiger partial charge in [-0.05, 0) is 17.7 Å². The van der Waals surface area contributed by atoms with Crippen LogP contribution < -0.4 is 10.1 Å². The Morgan fingerprint density at radius 3 is 3.11 bits per heavy atom. The fourth-order valence-corrected chi connectivity index (χ4v) is 2.02. The van der Waals surface area contributed by atoms with Gasteiger partial charge in [-0.15, -0.1) is 0 Å². The lowest BCUT2D eigenvalue weighted by Crippen LogP contribution is -2.33. The van der Waals surface area contributed by atoms with E-state index >= 15 is 0 Å². The van der Waals surface area contributed by atoms with Crippen LogP contribution in [-0.4, -0.2) is 29.7 Å². The number of nitrogens with one attached hydrogen (secondary N) is 1. The number of rotatable bonds is 3. The van der Waals surface area contributed by atoms with Gasteiger partial charge in [-0.2, -0.15) is 0 Å². The Morgan fingerprint density at radius 1 is 1.32 bits per heavy atom. The first-order valence-electron chi connectivity index (χ1n) is 6.28. The second kappa shape index (κ2) is 5.77. The Hall–Kier alpha value is -1.98. The topological polar surface area (TPSA) is 56.3 Å². The largest absolute Gasteiger partial charge is 0.439 e. The van der Waals surface area contributed by atoms with Crippen molar-refractivity contribution in [3.8, 4) is 11.6 Å². The molecule has 3 rings (SSSR count). The molecule has 1 saturated heterocycles. The summed E-state index contributed by atoms with van der Waals surface area (Å²) in [5, 5.41) is 3.32. The van der Waals surface area contributed by atoms with E-state index in [-0.39, 0.29) is 6.10 Å². The van der Waals surface area contributed by atoms with E-state index in [2.05, 4.69) is 15.3 Å². The quantitative estimate of drug-likeness (QED) is 0.910. The fraction of sp³-hybridized carbons (Fsp3) is 0.286. The molecule has 1 N–H and O–H groups in total. The molecule has 0 amide bonds. The highest BCUT2D eigenvalue weighted by Crippen LogP contribution is 2.25. The maximum Gasteiger partial charge on any atom is 0.222 e. The van der Waals surface area contributed by atoms with Gasteiger partial charge in [-0.3, -0.25) is 0 Å². The van der Waals surface area contributed by atoms with E-state index in [1.165, 1.54) is 6.33 Å². The van der Waals surface area contributed by atoms with Crippen molar-refractivity contribution in [3.63, 3.8) is 0 Å². The van der Waals surface area contributed by atoms with Crippen LogP contribution in [0.5, 0.6) is 11.6 Å². The number of hydrogen-bond acceptors (Lipinski definition) is 5. The smallest absolute Gasteiger partial charge is 0.222 e. The van der Waals surface area contributed by atoms with Crippen molar-refractivity contribution in [3.05, 3.63) is 48.4 Å². The molecule has 0 unspecified atom stereocenters. The molecular formula is C14H15N3O2. The lowest BCUT2D eigenvalue weighted by Gasteiger charge is -2.24. The summed E-state index contributed by atoms with van der Waals surface area (Å²) < 4.78 is 11.4. The minimum atomic E-state index is 0.0858. The van der Waals surface area contributed by atoms with Crippen LogP contribution >= 0.6 is 0 Å². The first-order chi connectivity index (χ1) is 9.42. The lowest BCUT2D eigenvalue weighted by molar-refractivity contribution is 0.0276. The van der Waals surface area contributed by atoms with Crippen molar-refractivity contribution in [1.29, 1.82) is 0 Å². The highest BCUT2D eigenvalue weighted by atomic mass is 16.5. The second-order valence-electron chi connectivity index (χ2n) is 4.29. The van der Waals surface area contributed by atoms with E-state index < -0.39 is 0 Å². The standard InChI is InChI=1S/C14H15N3O2/c1-2-11(13-9-15-6-7-18-13)8-12(3-1)19-14-4-5-16-10-17-14/h1-5,8,10,13,15H,6-7,9H2/t13-/m0/s1. The van der Waals surface area contributed by atoms with E-state index in [9.17, 15) is 0 Å². The normalized spacial score (nSPS) is 19.1. The van der Waals surface area contributed by atoms with Gasteiger partial charge in [-0.1, -0.05) is 12.1 Å². The first-order valence-corrected chi connectivity index (χ1v) is 6.28. The Bertz CT molecular complexity index is 527. The number of aromatic nitrogens is 2. The SMILES string of the molecule is c1cc(Oc2ccncn2)cc([C@@H]2CNCCO2)c1. The molecule has 0 radical (unpaired) electrons. The van der Waals surface area contributed by atoms with E-state index in [4.69, 9.17) is 9.47 Å². The van der Waals surface area contributed by atoms with Crippen LogP contribution in [0.1, 0.15) is 11.7 Å². The summed E-state index contributed by atoms with van der Waals surface area (Å²) in [7, 11) is 0. The number of ether oxygens (including phenoxy) is 2. The molecule has 1 aliphatic rings. The third-order valence-electron chi connectivity index (χ3n) is 2.93. The van der Waals surface area contributed by atoms with E-state index in [0.29, 0.717) is 5.88 Å². The number of morpholine rings is 1. The number of hydrogen-bond donors (Lipinski definition) is 1. The van der Waals surface area contributed by atoms with Crippen molar-refractivity contribution in [2.45, 2.75) is 6.10 Å². The van der Waals surface area contributed by atoms with E-state index in [1.54, 1.807) is 12.3 Å². The predicted molar refractivity (Wildman–Crippen MR) is 70.1 cm³/mol. The summed E-state index contributed by atoms with van der Waals surface area (Å²) in [5.74, 6) is 1.29. The van der Waals surface area contributed by atoms with Gasteiger partial charge in [0.15, 0.2) is 0 Å². The van der Waals surface area contributed by atoms with Gasteiger partial charge in [0, 0.05) is 25.4 Å². The van der Waals surface area contributed by atoms with Gasteiger partial charge in [0.1, 0.15) is 12.1 Å². The minimum Gasteiger partial charge on any atom is -0.439 e. The molecule has 98 valence electrons. The molecule has 1 aromatic heterocycles. The van der Waals surface area contributed by atoms with Gasteiger partial charge in [0.05, 0.1) is 12.7 Å². The van der Waals surface area contributed by atoms with Crippen LogP contribution in [0.2, 0.25) is 0 Å². The van der Waals surface area contributed by atoms with Crippen molar-refractivity contribution >= 4 is 0 Å². The Morgan fingerprint density at radius 2 is 2.32 bits per heavy atom. The molecule has 0 spiro atoms. The van der Waals surface area contributed by atoms with Gasteiger partial charge in [-0.25, -0.2) is 9.97 Å². The molecule has 1 aliphatic heterocycles. The van der Waals surface area contributed by atoms with Crippen LogP contribution in [0.4, 0.5) is 0 Å². The molecule has 1 aromatic carbocycles. The lowest BCUT2D eigenvalue weighted by atomic mass is 10.1. The van der Waals surface area contributed by atoms with E-state index in [1.807, 2.05) is 24.3 Å². The zero-order valence-electron chi connectivity index (χ0n) is 10.5. The van der Waals surface area contributed by atoms with Gasteiger partial charge >= 0.3 is 0 Å². The summed E-state index contributed by atoms with van der Waals surface area (Å²) in [6.07, 6.45) is 3.20. The Kier molecular flexibility index (Phi) is 3.67. The van der Waals surface area contributed by atoms with Crippen LogP contribution in [-0.2, 0) is 4.74 Å². The maximum atomic E-state index is 5.73. The van der Waals surface area contributed by atoms with Gasteiger partial charge < -0.3 is 14.8 Å². The molecule has 0 aliphatic carbocycles. The van der Waals surface area contributed by atoms with Gasteiger partial charge in [0.2, 0.25) is 5.88 Å². The maximum absolute atomic E-state index is 5.73. The van der Waals surface area contributed by atoms with Crippen LogP contribution in [0.15, 0.2) is 42.9 Å². The molecule has 0 saturated carbocycles. The van der Waals surface area contributed by atoms with Crippen LogP contribution in [0.3, 0.4) is 0 Å². The molecule has 1 fully saturated rings. The average molecular weight is 257 g/mol. The Balaban J connectivity index is 1.76. The summed E-state index contributed by atoms with van der Waals surface area (Å²) in [6, 6.07) is 9.63. The predicted octanol–water partition coefficient (Wildman–Crippen LogP) is 1.93. The number of benzene rings is 1. The molecule has 5 heteroatoms. The third-order valence-corrected chi connectivity index (χ3v) is 2.93. The van der Waals surface area contributed by atoms with Crippen molar-refractivity contribution in [1.82, 2.24) is 15.3 Å². The highest BCUT2D eigenvalue weighted by molar-refractivity contribution is 5.32. The summed E-state index contributed by atoms with van der Waals surface area (Å²) >= 11 is 0. The monoisotopic (exact) mass is 257 g/mol. The summed E-state index contributed by atoms with van der Waals surface area (Å²) in [4.78, 5) is 7.90. The fourth-order valence-electron chi connectivity index (χ4n) is 2.02. The molecule has 0 bridgehead atoms. The van der Waals surface area contributed by atoms with Gasteiger partial charge in [0.25, 0.3) is 0 Å². The van der Waals surface area contributed by atoms with Crippen molar-refractivity contribution in [2.75, 3.05) is 19.7 Å². The molecule has 19 heavy (non-hydrogen) atoms.